The van der Waals surface area contributed by atoms with Crippen LogP contribution in [0.25, 0.3) is 5.70 Å². The molecule has 1 N–H and O–H groups in total. The maximum absolute atomic E-state index is 13.8. The molecule has 6 nitrogen and oxygen atoms in total. The lowest BCUT2D eigenvalue weighted by Gasteiger charge is -2.30. The number of hydrogen-bond donors (Lipinski definition) is 1. The molecule has 1 atom stereocenters. The van der Waals surface area contributed by atoms with Crippen LogP contribution < -0.4 is 14.8 Å². The van der Waals surface area contributed by atoms with Gasteiger partial charge in [-0.05, 0) is 73.5 Å². The summed E-state index contributed by atoms with van der Waals surface area (Å²) in [5.41, 5.74) is 6.82. The zero-order valence-corrected chi connectivity index (χ0v) is 24.5. The van der Waals surface area contributed by atoms with E-state index in [2.05, 4.69) is 47.0 Å². The van der Waals surface area contributed by atoms with Gasteiger partial charge < -0.3 is 19.5 Å². The summed E-state index contributed by atoms with van der Waals surface area (Å²) in [6.07, 6.45) is 0. The molecule has 0 radical (unpaired) electrons. The number of rotatable bonds is 8. The van der Waals surface area contributed by atoms with E-state index >= 15 is 0 Å². The number of fused-ring (bicyclic) bond motifs is 2. The lowest BCUT2D eigenvalue weighted by atomic mass is 9.79. The Hall–Kier alpha value is -3.59. The number of ketones is 1. The number of ether oxygens (including phenoxy) is 3. The van der Waals surface area contributed by atoms with E-state index in [1.807, 2.05) is 62.4 Å². The SMILES string of the molecule is CCOC(=O)C1=C(C)NC2=C(C(=O)c3ccccc32)[C@H]1c1cc(I)c(OCc2ccc(C)cc2)c(OCC)c1. The van der Waals surface area contributed by atoms with Gasteiger partial charge in [-0.3, -0.25) is 4.79 Å². The van der Waals surface area contributed by atoms with E-state index in [-0.39, 0.29) is 12.4 Å². The number of hydrogen-bond acceptors (Lipinski definition) is 6. The highest BCUT2D eigenvalue weighted by atomic mass is 127. The largest absolute Gasteiger partial charge is 0.490 e. The summed E-state index contributed by atoms with van der Waals surface area (Å²) in [6, 6.07) is 19.6. The third kappa shape index (κ3) is 5.07. The molecule has 1 aliphatic carbocycles. The normalized spacial score (nSPS) is 16.0. The molecule has 0 spiro atoms. The number of aryl methyl sites for hydroxylation is 1. The summed E-state index contributed by atoms with van der Waals surface area (Å²) in [5, 5.41) is 3.34. The van der Waals surface area contributed by atoms with Gasteiger partial charge in [0, 0.05) is 28.3 Å². The number of Topliss-reactive ketones (excluding diaryl/α,β-unsaturated/α-hetero) is 1. The number of benzene rings is 3. The molecule has 2 aliphatic rings. The van der Waals surface area contributed by atoms with E-state index in [0.717, 1.165) is 26.0 Å². The van der Waals surface area contributed by atoms with E-state index in [0.29, 0.717) is 47.1 Å². The van der Waals surface area contributed by atoms with Crippen molar-refractivity contribution < 1.29 is 23.8 Å². The zero-order chi connectivity index (χ0) is 27.7. The van der Waals surface area contributed by atoms with Crippen molar-refractivity contribution in [2.24, 2.45) is 0 Å². The van der Waals surface area contributed by atoms with Crippen molar-refractivity contribution >= 4 is 40.0 Å². The summed E-state index contributed by atoms with van der Waals surface area (Å²) in [6.45, 7) is 8.65. The second-order valence-electron chi connectivity index (χ2n) is 9.52. The minimum Gasteiger partial charge on any atom is -0.490 e. The fourth-order valence-electron chi connectivity index (χ4n) is 5.14. The standard InChI is InChI=1S/C32H30INO5/c1-5-37-25-16-21(15-24(33)31(25)39-17-20-13-11-18(3)12-14-20)27-26(32(36)38-6-2)19(4)34-29-22-9-7-8-10-23(22)30(35)28(27)29/h7-16,27,34H,5-6,17H2,1-4H3/t27-/m0/s1. The second kappa shape index (κ2) is 11.3. The third-order valence-corrected chi connectivity index (χ3v) is 7.71. The van der Waals surface area contributed by atoms with Crippen LogP contribution in [0.2, 0.25) is 0 Å². The molecule has 3 aromatic carbocycles. The van der Waals surface area contributed by atoms with Crippen LogP contribution in [0.5, 0.6) is 11.5 Å². The van der Waals surface area contributed by atoms with Crippen LogP contribution >= 0.6 is 22.6 Å². The van der Waals surface area contributed by atoms with Crippen LogP contribution in [0.4, 0.5) is 0 Å². The van der Waals surface area contributed by atoms with Crippen LogP contribution in [0.1, 0.15) is 59.3 Å². The molecule has 1 aliphatic heterocycles. The summed E-state index contributed by atoms with van der Waals surface area (Å²) in [5.74, 6) is 0.0231. The van der Waals surface area contributed by atoms with Crippen LogP contribution in [0.3, 0.4) is 0 Å². The van der Waals surface area contributed by atoms with Crippen LogP contribution in [0.15, 0.2) is 77.5 Å². The summed E-state index contributed by atoms with van der Waals surface area (Å²) < 4.78 is 18.6. The van der Waals surface area contributed by atoms with Gasteiger partial charge in [-0.2, -0.15) is 0 Å². The first-order chi connectivity index (χ1) is 18.8. The van der Waals surface area contributed by atoms with E-state index in [1.54, 1.807) is 6.92 Å². The van der Waals surface area contributed by atoms with Gasteiger partial charge >= 0.3 is 5.97 Å². The lowest BCUT2D eigenvalue weighted by Crippen LogP contribution is -2.29. The zero-order valence-electron chi connectivity index (χ0n) is 22.4. The highest BCUT2D eigenvalue weighted by Gasteiger charge is 2.43. The van der Waals surface area contributed by atoms with Gasteiger partial charge in [0.15, 0.2) is 17.3 Å². The first-order valence-corrected chi connectivity index (χ1v) is 14.1. The van der Waals surface area contributed by atoms with Crippen molar-refractivity contribution in [2.75, 3.05) is 13.2 Å². The minimum absolute atomic E-state index is 0.0972. The molecule has 1 heterocycles. The summed E-state index contributed by atoms with van der Waals surface area (Å²) in [4.78, 5) is 27.1. The summed E-state index contributed by atoms with van der Waals surface area (Å²) >= 11 is 2.23. The maximum Gasteiger partial charge on any atom is 0.336 e. The second-order valence-corrected chi connectivity index (χ2v) is 10.7. The lowest BCUT2D eigenvalue weighted by molar-refractivity contribution is -0.138. The Morgan fingerprint density at radius 2 is 1.67 bits per heavy atom. The van der Waals surface area contributed by atoms with E-state index in [4.69, 9.17) is 14.2 Å². The Bertz CT molecular complexity index is 1520. The number of allylic oxidation sites excluding steroid dienone is 2. The predicted molar refractivity (Wildman–Crippen MR) is 159 cm³/mol. The molecule has 0 saturated carbocycles. The molecule has 0 unspecified atom stereocenters. The highest BCUT2D eigenvalue weighted by Crippen LogP contribution is 2.48. The van der Waals surface area contributed by atoms with Gasteiger partial charge in [0.2, 0.25) is 0 Å². The first kappa shape index (κ1) is 27.0. The Morgan fingerprint density at radius 3 is 2.36 bits per heavy atom. The number of halogens is 1. The fraction of sp³-hybridized carbons (Fsp3) is 0.250. The van der Waals surface area contributed by atoms with Crippen molar-refractivity contribution in [3.63, 3.8) is 0 Å². The van der Waals surface area contributed by atoms with Crippen molar-refractivity contribution in [1.29, 1.82) is 0 Å². The maximum atomic E-state index is 13.8. The molecule has 0 saturated heterocycles. The highest BCUT2D eigenvalue weighted by molar-refractivity contribution is 14.1. The molecule has 0 bridgehead atoms. The quantitative estimate of drug-likeness (QED) is 0.219. The monoisotopic (exact) mass is 635 g/mol. The van der Waals surface area contributed by atoms with Crippen LogP contribution in [-0.2, 0) is 16.1 Å². The molecule has 0 amide bonds. The predicted octanol–water partition coefficient (Wildman–Crippen LogP) is 6.71. The molecular formula is C32H30INO5. The minimum atomic E-state index is -0.626. The van der Waals surface area contributed by atoms with Crippen molar-refractivity contribution in [2.45, 2.75) is 40.2 Å². The van der Waals surface area contributed by atoms with Gasteiger partial charge in [0.25, 0.3) is 0 Å². The third-order valence-electron chi connectivity index (χ3n) is 6.91. The van der Waals surface area contributed by atoms with Crippen molar-refractivity contribution in [1.82, 2.24) is 5.32 Å². The number of nitrogens with one attached hydrogen (secondary N) is 1. The van der Waals surface area contributed by atoms with Gasteiger partial charge in [0.1, 0.15) is 6.61 Å². The van der Waals surface area contributed by atoms with E-state index < -0.39 is 11.9 Å². The van der Waals surface area contributed by atoms with Crippen LogP contribution in [0, 0.1) is 10.5 Å². The average Bonchev–Trinajstić information content (AvgIpc) is 3.20. The Morgan fingerprint density at radius 1 is 0.949 bits per heavy atom. The van der Waals surface area contributed by atoms with Crippen molar-refractivity contribution in [3.8, 4) is 11.5 Å². The molecule has 7 heteroatoms. The van der Waals surface area contributed by atoms with Crippen LogP contribution in [-0.4, -0.2) is 25.0 Å². The van der Waals surface area contributed by atoms with Crippen molar-refractivity contribution in [3.05, 3.63) is 109 Å². The number of esters is 1. The molecule has 39 heavy (non-hydrogen) atoms. The van der Waals surface area contributed by atoms with E-state index in [1.165, 1.54) is 5.56 Å². The molecule has 200 valence electrons. The van der Waals surface area contributed by atoms with E-state index in [9.17, 15) is 9.59 Å². The Balaban J connectivity index is 1.61. The molecule has 5 rings (SSSR count). The fourth-order valence-corrected chi connectivity index (χ4v) is 5.92. The first-order valence-electron chi connectivity index (χ1n) is 13.0. The molecule has 0 fully saturated rings. The smallest absolute Gasteiger partial charge is 0.336 e. The van der Waals surface area contributed by atoms with Gasteiger partial charge in [-0.25, -0.2) is 4.79 Å². The molecule has 3 aromatic rings. The molecule has 0 aromatic heterocycles. The number of dihydropyridines is 1. The Kier molecular flexibility index (Phi) is 7.79. The van der Waals surface area contributed by atoms with Gasteiger partial charge in [-0.1, -0.05) is 54.1 Å². The number of carbonyl (C=O) groups is 2. The topological polar surface area (TPSA) is 73.9 Å². The summed E-state index contributed by atoms with van der Waals surface area (Å²) in [7, 11) is 0. The molecular weight excluding hydrogens is 605 g/mol. The number of carbonyl (C=O) groups excluding carboxylic acids is 2. The Labute approximate surface area is 242 Å². The van der Waals surface area contributed by atoms with Gasteiger partial charge in [-0.15, -0.1) is 0 Å². The average molecular weight is 635 g/mol. The van der Waals surface area contributed by atoms with Gasteiger partial charge in [0.05, 0.1) is 28.1 Å².